The summed E-state index contributed by atoms with van der Waals surface area (Å²) in [5.41, 5.74) is 8.42. The Kier molecular flexibility index (Phi) is 6.04. The molecule has 134 valence electrons. The van der Waals surface area contributed by atoms with Crippen LogP contribution in [0.2, 0.25) is 0 Å². The van der Waals surface area contributed by atoms with Crippen LogP contribution in [0.5, 0.6) is 0 Å². The van der Waals surface area contributed by atoms with Crippen molar-refractivity contribution >= 4 is 17.7 Å². The number of methoxy groups -OCH3 is 1. The fourth-order valence-electron chi connectivity index (χ4n) is 2.53. The lowest BCUT2D eigenvalue weighted by Gasteiger charge is -2.09. The van der Waals surface area contributed by atoms with Gasteiger partial charge in [0.05, 0.1) is 12.7 Å². The van der Waals surface area contributed by atoms with Crippen LogP contribution >= 0.6 is 11.8 Å². The van der Waals surface area contributed by atoms with E-state index in [1.165, 1.54) is 7.11 Å². The van der Waals surface area contributed by atoms with Crippen molar-refractivity contribution in [2.45, 2.75) is 17.5 Å². The number of carbonyl (C=O) groups is 1. The zero-order chi connectivity index (χ0) is 18.4. The second kappa shape index (κ2) is 8.64. The van der Waals surface area contributed by atoms with E-state index < -0.39 is 0 Å². The van der Waals surface area contributed by atoms with Gasteiger partial charge in [0.25, 0.3) is 0 Å². The van der Waals surface area contributed by atoms with Crippen molar-refractivity contribution in [3.8, 4) is 11.4 Å². The number of ether oxygens (including phenoxy) is 1. The van der Waals surface area contributed by atoms with E-state index in [1.54, 1.807) is 23.9 Å². The first kappa shape index (κ1) is 18.2. The van der Waals surface area contributed by atoms with Crippen molar-refractivity contribution in [1.82, 2.24) is 14.8 Å². The molecule has 0 bridgehead atoms. The summed E-state index contributed by atoms with van der Waals surface area (Å²) in [5.74, 6) is 1.21. The maximum absolute atomic E-state index is 11.5. The number of esters is 1. The summed E-state index contributed by atoms with van der Waals surface area (Å²) in [6.45, 7) is 1.17. The molecule has 3 aromatic rings. The van der Waals surface area contributed by atoms with Crippen LogP contribution in [0.1, 0.15) is 15.9 Å². The Morgan fingerprint density at radius 1 is 1.12 bits per heavy atom. The van der Waals surface area contributed by atoms with Crippen LogP contribution in [0.25, 0.3) is 11.4 Å². The number of nitrogens with two attached hydrogens (primary N) is 1. The number of benzene rings is 2. The molecule has 2 N–H and O–H groups in total. The Morgan fingerprint density at radius 3 is 2.50 bits per heavy atom. The van der Waals surface area contributed by atoms with Crippen LogP contribution in [0, 0.1) is 0 Å². The predicted molar refractivity (Wildman–Crippen MR) is 102 cm³/mol. The van der Waals surface area contributed by atoms with Crippen LogP contribution in [0.3, 0.4) is 0 Å². The lowest BCUT2D eigenvalue weighted by molar-refractivity contribution is 0.0600. The van der Waals surface area contributed by atoms with Gasteiger partial charge in [0.2, 0.25) is 0 Å². The smallest absolute Gasteiger partial charge is 0.337 e. The molecule has 3 rings (SSSR count). The summed E-state index contributed by atoms with van der Waals surface area (Å²) in [7, 11) is 1.38. The van der Waals surface area contributed by atoms with Crippen LogP contribution in [0.15, 0.2) is 59.8 Å². The average Bonchev–Trinajstić information content (AvgIpc) is 3.10. The van der Waals surface area contributed by atoms with Crippen molar-refractivity contribution in [3.63, 3.8) is 0 Å². The number of rotatable bonds is 7. The van der Waals surface area contributed by atoms with Gasteiger partial charge in [-0.25, -0.2) is 4.79 Å². The second-order valence-electron chi connectivity index (χ2n) is 5.59. The predicted octanol–water partition coefficient (Wildman–Crippen LogP) is 2.98. The standard InChI is InChI=1S/C19H20N4O2S/c1-25-18(24)16-9-7-14(8-10-16)13-26-19-22-21-17(23(19)12-11-20)15-5-3-2-4-6-15/h2-10H,11-13,20H2,1H3. The van der Waals surface area contributed by atoms with Crippen LogP contribution in [0.4, 0.5) is 0 Å². The Hall–Kier alpha value is -2.64. The number of hydrogen-bond acceptors (Lipinski definition) is 6. The highest BCUT2D eigenvalue weighted by Crippen LogP contribution is 2.26. The number of aromatic nitrogens is 3. The lowest BCUT2D eigenvalue weighted by Crippen LogP contribution is -2.12. The van der Waals surface area contributed by atoms with Gasteiger partial charge in [-0.15, -0.1) is 10.2 Å². The third kappa shape index (κ3) is 4.12. The molecule has 0 saturated heterocycles. The molecule has 0 radical (unpaired) electrons. The minimum atomic E-state index is -0.334. The summed E-state index contributed by atoms with van der Waals surface area (Å²) < 4.78 is 6.76. The maximum atomic E-state index is 11.5. The van der Waals surface area contributed by atoms with E-state index in [0.29, 0.717) is 18.7 Å². The molecule has 1 heterocycles. The molecule has 2 aromatic carbocycles. The second-order valence-corrected chi connectivity index (χ2v) is 6.53. The molecular formula is C19H20N4O2S. The molecule has 0 aliphatic rings. The van der Waals surface area contributed by atoms with Crippen LogP contribution < -0.4 is 5.73 Å². The molecule has 0 spiro atoms. The van der Waals surface area contributed by atoms with Crippen molar-refractivity contribution < 1.29 is 9.53 Å². The fourth-order valence-corrected chi connectivity index (χ4v) is 3.45. The first-order chi connectivity index (χ1) is 12.7. The van der Waals surface area contributed by atoms with E-state index in [0.717, 1.165) is 27.9 Å². The van der Waals surface area contributed by atoms with Gasteiger partial charge in [0.15, 0.2) is 11.0 Å². The number of nitrogens with zero attached hydrogens (tertiary/aromatic N) is 3. The van der Waals surface area contributed by atoms with E-state index in [9.17, 15) is 4.79 Å². The van der Waals surface area contributed by atoms with Gasteiger partial charge in [0, 0.05) is 24.4 Å². The summed E-state index contributed by atoms with van der Waals surface area (Å²) in [4.78, 5) is 11.5. The summed E-state index contributed by atoms with van der Waals surface area (Å²) >= 11 is 1.59. The zero-order valence-corrected chi connectivity index (χ0v) is 15.3. The van der Waals surface area contributed by atoms with Gasteiger partial charge in [-0.3, -0.25) is 0 Å². The third-order valence-electron chi connectivity index (χ3n) is 3.84. The van der Waals surface area contributed by atoms with Gasteiger partial charge in [-0.1, -0.05) is 54.2 Å². The summed E-state index contributed by atoms with van der Waals surface area (Å²) in [5, 5.41) is 9.50. The quantitative estimate of drug-likeness (QED) is 0.510. The van der Waals surface area contributed by atoms with Gasteiger partial charge >= 0.3 is 5.97 Å². The highest BCUT2D eigenvalue weighted by atomic mass is 32.2. The molecular weight excluding hydrogens is 348 g/mol. The fraction of sp³-hybridized carbons (Fsp3) is 0.211. The van der Waals surface area contributed by atoms with Gasteiger partial charge in [-0.2, -0.15) is 0 Å². The largest absolute Gasteiger partial charge is 0.465 e. The Balaban J connectivity index is 1.75. The number of thioether (sulfide) groups is 1. The van der Waals surface area contributed by atoms with E-state index in [1.807, 2.05) is 47.0 Å². The summed E-state index contributed by atoms with van der Waals surface area (Å²) in [6, 6.07) is 17.3. The van der Waals surface area contributed by atoms with Crippen molar-refractivity contribution in [3.05, 3.63) is 65.7 Å². The number of hydrogen-bond donors (Lipinski definition) is 1. The summed E-state index contributed by atoms with van der Waals surface area (Å²) in [6.07, 6.45) is 0. The molecule has 0 aliphatic heterocycles. The van der Waals surface area contributed by atoms with E-state index in [4.69, 9.17) is 10.5 Å². The van der Waals surface area contributed by atoms with Gasteiger partial charge in [-0.05, 0) is 17.7 Å². The van der Waals surface area contributed by atoms with Crippen molar-refractivity contribution in [2.75, 3.05) is 13.7 Å². The molecule has 0 fully saturated rings. The van der Waals surface area contributed by atoms with E-state index in [-0.39, 0.29) is 5.97 Å². The third-order valence-corrected chi connectivity index (χ3v) is 4.88. The Labute approximate surface area is 156 Å². The SMILES string of the molecule is COC(=O)c1ccc(CSc2nnc(-c3ccccc3)n2CCN)cc1. The Bertz CT molecular complexity index is 863. The molecule has 0 aliphatic carbocycles. The van der Waals surface area contributed by atoms with E-state index in [2.05, 4.69) is 10.2 Å². The van der Waals surface area contributed by atoms with Gasteiger partial charge < -0.3 is 15.0 Å². The molecule has 6 nitrogen and oxygen atoms in total. The minimum absolute atomic E-state index is 0.334. The lowest BCUT2D eigenvalue weighted by atomic mass is 10.1. The van der Waals surface area contributed by atoms with E-state index >= 15 is 0 Å². The van der Waals surface area contributed by atoms with Gasteiger partial charge in [0.1, 0.15) is 0 Å². The Morgan fingerprint density at radius 2 is 1.85 bits per heavy atom. The first-order valence-corrected chi connectivity index (χ1v) is 9.20. The average molecular weight is 368 g/mol. The molecule has 7 heteroatoms. The zero-order valence-electron chi connectivity index (χ0n) is 14.5. The molecule has 0 saturated carbocycles. The topological polar surface area (TPSA) is 83.0 Å². The first-order valence-electron chi connectivity index (χ1n) is 8.21. The maximum Gasteiger partial charge on any atom is 0.337 e. The molecule has 0 unspecified atom stereocenters. The molecule has 0 atom stereocenters. The number of carbonyl (C=O) groups excluding carboxylic acids is 1. The van der Waals surface area contributed by atoms with Crippen molar-refractivity contribution in [2.24, 2.45) is 5.73 Å². The molecule has 26 heavy (non-hydrogen) atoms. The minimum Gasteiger partial charge on any atom is -0.465 e. The normalized spacial score (nSPS) is 10.7. The molecule has 0 amide bonds. The highest BCUT2D eigenvalue weighted by molar-refractivity contribution is 7.98. The highest BCUT2D eigenvalue weighted by Gasteiger charge is 2.14. The van der Waals surface area contributed by atoms with Crippen molar-refractivity contribution in [1.29, 1.82) is 0 Å². The monoisotopic (exact) mass is 368 g/mol. The van der Waals surface area contributed by atoms with Crippen LogP contribution in [-0.4, -0.2) is 34.4 Å². The van der Waals surface area contributed by atoms with Crippen LogP contribution in [-0.2, 0) is 17.0 Å². The molecule has 1 aromatic heterocycles.